The van der Waals surface area contributed by atoms with Gasteiger partial charge in [0.05, 0.1) is 0 Å². The molecule has 31 heavy (non-hydrogen) atoms. The van der Waals surface area contributed by atoms with Gasteiger partial charge in [-0.2, -0.15) is 0 Å². The van der Waals surface area contributed by atoms with E-state index in [1.54, 1.807) is 0 Å². The Hall–Kier alpha value is -0.890. The van der Waals surface area contributed by atoms with Gasteiger partial charge in [0, 0.05) is 19.3 Å². The summed E-state index contributed by atoms with van der Waals surface area (Å²) in [6.45, 7) is 2.24. The highest BCUT2D eigenvalue weighted by atomic mass is 35.5. The number of Topliss-reactive ketones (excluding diaryl/α,β-unsaturated/α-hetero) is 1. The number of carbonyl (C=O) groups excluding carboxylic acids is 2. The molecular weight excluding hydrogens is 404 g/mol. The van der Waals surface area contributed by atoms with Crippen molar-refractivity contribution in [1.29, 1.82) is 0 Å². The van der Waals surface area contributed by atoms with Gasteiger partial charge in [-0.05, 0) is 75.8 Å². The molecule has 0 atom stereocenters. The molecule has 0 aromatic carbocycles. The van der Waals surface area contributed by atoms with Crippen LogP contribution in [0.15, 0.2) is 24.3 Å². The standard InChI is InChI=1S/C28H49ClO2/c1-2-3-4-5-6-7-9-12-15-18-21-24-27(30)25-22-19-16-13-10-8-11-14-17-20-23-26-28(29)31/h5-6,10,13H,2-4,7-9,11-12,14-26H2,1H3/b6-5-,13-10-. The van der Waals surface area contributed by atoms with Gasteiger partial charge in [-0.1, -0.05) is 82.6 Å². The Morgan fingerprint density at radius 3 is 1.35 bits per heavy atom. The minimum absolute atomic E-state index is 0.211. The van der Waals surface area contributed by atoms with Crippen LogP contribution in [-0.2, 0) is 9.59 Å². The highest BCUT2D eigenvalue weighted by molar-refractivity contribution is 6.63. The Morgan fingerprint density at radius 1 is 0.516 bits per heavy atom. The number of hydrogen-bond donors (Lipinski definition) is 0. The number of carbonyl (C=O) groups is 2. The molecule has 0 saturated heterocycles. The lowest BCUT2D eigenvalue weighted by molar-refractivity contribution is -0.119. The SMILES string of the molecule is CCCC/C=C\CCCCCCCC(=O)CCCC/C=C\CCCCCCCC(=O)Cl. The van der Waals surface area contributed by atoms with Crippen LogP contribution < -0.4 is 0 Å². The Bertz CT molecular complexity index is 468. The second-order valence-corrected chi connectivity index (χ2v) is 9.26. The largest absolute Gasteiger partial charge is 0.300 e. The molecule has 0 heterocycles. The summed E-state index contributed by atoms with van der Waals surface area (Å²) >= 11 is 5.32. The summed E-state index contributed by atoms with van der Waals surface area (Å²) in [5, 5.41) is -0.211. The smallest absolute Gasteiger partial charge is 0.221 e. The van der Waals surface area contributed by atoms with Crippen molar-refractivity contribution in [2.24, 2.45) is 0 Å². The lowest BCUT2D eigenvalue weighted by atomic mass is 10.0. The monoisotopic (exact) mass is 452 g/mol. The van der Waals surface area contributed by atoms with E-state index in [9.17, 15) is 9.59 Å². The van der Waals surface area contributed by atoms with E-state index in [4.69, 9.17) is 11.6 Å². The zero-order valence-corrected chi connectivity index (χ0v) is 21.1. The molecule has 0 bridgehead atoms. The molecule has 0 saturated carbocycles. The van der Waals surface area contributed by atoms with Gasteiger partial charge in [-0.15, -0.1) is 0 Å². The van der Waals surface area contributed by atoms with Crippen LogP contribution in [0.4, 0.5) is 0 Å². The number of ketones is 1. The van der Waals surface area contributed by atoms with Crippen LogP contribution in [0.5, 0.6) is 0 Å². The fourth-order valence-electron chi connectivity index (χ4n) is 3.67. The third kappa shape index (κ3) is 27.1. The first-order valence-corrected chi connectivity index (χ1v) is 13.5. The maximum Gasteiger partial charge on any atom is 0.221 e. The van der Waals surface area contributed by atoms with E-state index in [0.29, 0.717) is 12.2 Å². The molecule has 2 nitrogen and oxygen atoms in total. The highest BCUT2D eigenvalue weighted by Gasteiger charge is 2.01. The zero-order chi connectivity index (χ0) is 22.8. The van der Waals surface area contributed by atoms with Crippen molar-refractivity contribution in [3.63, 3.8) is 0 Å². The highest BCUT2D eigenvalue weighted by Crippen LogP contribution is 2.12. The lowest BCUT2D eigenvalue weighted by Gasteiger charge is -2.02. The van der Waals surface area contributed by atoms with Crippen LogP contribution in [0, 0.1) is 0 Å². The topological polar surface area (TPSA) is 34.1 Å². The Kier molecular flexibility index (Phi) is 24.6. The quantitative estimate of drug-likeness (QED) is 0.0829. The molecular formula is C28H49ClO2. The Labute approximate surface area is 198 Å². The first-order valence-electron chi connectivity index (χ1n) is 13.2. The summed E-state index contributed by atoms with van der Waals surface area (Å²) in [6.07, 6.45) is 32.5. The average Bonchev–Trinajstić information content (AvgIpc) is 2.75. The van der Waals surface area contributed by atoms with E-state index < -0.39 is 0 Å². The number of halogens is 1. The van der Waals surface area contributed by atoms with Crippen molar-refractivity contribution in [2.45, 2.75) is 142 Å². The van der Waals surface area contributed by atoms with Crippen LogP contribution >= 0.6 is 11.6 Å². The predicted octanol–water partition coefficient (Wildman–Crippen LogP) is 9.65. The maximum atomic E-state index is 12.0. The van der Waals surface area contributed by atoms with E-state index in [-0.39, 0.29) is 5.24 Å². The molecule has 0 radical (unpaired) electrons. The van der Waals surface area contributed by atoms with Crippen molar-refractivity contribution >= 4 is 22.6 Å². The molecule has 180 valence electrons. The lowest BCUT2D eigenvalue weighted by Crippen LogP contribution is -1.97. The van der Waals surface area contributed by atoms with Gasteiger partial charge in [0.25, 0.3) is 0 Å². The summed E-state index contributed by atoms with van der Waals surface area (Å²) in [4.78, 5) is 22.6. The number of rotatable bonds is 24. The first kappa shape index (κ1) is 30.1. The maximum absolute atomic E-state index is 12.0. The van der Waals surface area contributed by atoms with Gasteiger partial charge in [-0.3, -0.25) is 9.59 Å². The van der Waals surface area contributed by atoms with Crippen molar-refractivity contribution in [3.8, 4) is 0 Å². The molecule has 0 amide bonds. The number of allylic oxidation sites excluding steroid dienone is 4. The van der Waals surface area contributed by atoms with Crippen LogP contribution in [-0.4, -0.2) is 11.0 Å². The number of hydrogen-bond acceptors (Lipinski definition) is 2. The fourth-order valence-corrected chi connectivity index (χ4v) is 3.81. The third-order valence-electron chi connectivity index (χ3n) is 5.70. The van der Waals surface area contributed by atoms with Crippen molar-refractivity contribution in [1.82, 2.24) is 0 Å². The molecule has 0 aliphatic heterocycles. The van der Waals surface area contributed by atoms with Crippen LogP contribution in [0.2, 0.25) is 0 Å². The van der Waals surface area contributed by atoms with Gasteiger partial charge in [0.15, 0.2) is 0 Å². The molecule has 0 aromatic rings. The van der Waals surface area contributed by atoms with Crippen molar-refractivity contribution in [3.05, 3.63) is 24.3 Å². The van der Waals surface area contributed by atoms with E-state index in [1.165, 1.54) is 70.6 Å². The summed E-state index contributed by atoms with van der Waals surface area (Å²) in [6, 6.07) is 0. The second kappa shape index (κ2) is 25.4. The van der Waals surface area contributed by atoms with E-state index in [0.717, 1.165) is 57.8 Å². The van der Waals surface area contributed by atoms with Gasteiger partial charge >= 0.3 is 0 Å². The normalized spacial score (nSPS) is 11.7. The molecule has 0 aliphatic carbocycles. The molecule has 0 rings (SSSR count). The predicted molar refractivity (Wildman–Crippen MR) is 137 cm³/mol. The van der Waals surface area contributed by atoms with E-state index >= 15 is 0 Å². The third-order valence-corrected chi connectivity index (χ3v) is 5.89. The second-order valence-electron chi connectivity index (χ2n) is 8.84. The first-order chi connectivity index (χ1) is 15.2. The van der Waals surface area contributed by atoms with Gasteiger partial charge < -0.3 is 0 Å². The summed E-state index contributed by atoms with van der Waals surface area (Å²) in [7, 11) is 0. The molecule has 0 spiro atoms. The minimum atomic E-state index is -0.211. The van der Waals surface area contributed by atoms with Gasteiger partial charge in [0.2, 0.25) is 5.24 Å². The molecule has 0 aromatic heterocycles. The molecule has 0 N–H and O–H groups in total. The molecule has 0 fully saturated rings. The molecule has 0 unspecified atom stereocenters. The minimum Gasteiger partial charge on any atom is -0.300 e. The molecule has 3 heteroatoms. The Balaban J connectivity index is 3.28. The fraction of sp³-hybridized carbons (Fsp3) is 0.786. The van der Waals surface area contributed by atoms with Crippen LogP contribution in [0.1, 0.15) is 142 Å². The number of unbranched alkanes of at least 4 members (excludes halogenated alkanes) is 14. The van der Waals surface area contributed by atoms with Crippen LogP contribution in [0.3, 0.4) is 0 Å². The summed E-state index contributed by atoms with van der Waals surface area (Å²) < 4.78 is 0. The average molecular weight is 453 g/mol. The summed E-state index contributed by atoms with van der Waals surface area (Å²) in [5.74, 6) is 0.457. The van der Waals surface area contributed by atoms with E-state index in [2.05, 4.69) is 31.2 Å². The summed E-state index contributed by atoms with van der Waals surface area (Å²) in [5.41, 5.74) is 0. The van der Waals surface area contributed by atoms with Gasteiger partial charge in [0.1, 0.15) is 5.78 Å². The zero-order valence-electron chi connectivity index (χ0n) is 20.4. The van der Waals surface area contributed by atoms with Crippen LogP contribution in [0.25, 0.3) is 0 Å². The molecule has 0 aliphatic rings. The van der Waals surface area contributed by atoms with E-state index in [1.807, 2.05) is 0 Å². The Morgan fingerprint density at radius 2 is 0.871 bits per heavy atom. The van der Waals surface area contributed by atoms with Gasteiger partial charge in [-0.25, -0.2) is 0 Å². The van der Waals surface area contributed by atoms with Crippen molar-refractivity contribution < 1.29 is 9.59 Å². The van der Waals surface area contributed by atoms with Crippen molar-refractivity contribution in [2.75, 3.05) is 0 Å².